The van der Waals surface area contributed by atoms with Crippen LogP contribution in [0.4, 0.5) is 17.3 Å². The lowest BCUT2D eigenvalue weighted by molar-refractivity contribution is -0.136. The molecule has 0 radical (unpaired) electrons. The van der Waals surface area contributed by atoms with Gasteiger partial charge in [0.25, 0.3) is 11.8 Å². The fourth-order valence-electron chi connectivity index (χ4n) is 7.73. The number of hydrogen-bond donors (Lipinski definition) is 4. The molecule has 1 aromatic heterocycles. The number of carbonyl (C=O) groups excluding carboxylic acids is 5. The van der Waals surface area contributed by atoms with Crippen LogP contribution in [0.5, 0.6) is 0 Å². The summed E-state index contributed by atoms with van der Waals surface area (Å²) in [5, 5.41) is 18.8. The van der Waals surface area contributed by atoms with Crippen molar-refractivity contribution in [3.05, 3.63) is 98.7 Å². The second-order valence-corrected chi connectivity index (χ2v) is 14.7. The first-order valence-electron chi connectivity index (χ1n) is 19.2. The Balaban J connectivity index is 0.884. The smallest absolute Gasteiger partial charge is 0.337 e. The van der Waals surface area contributed by atoms with Gasteiger partial charge in [-0.3, -0.25) is 39.0 Å². The van der Waals surface area contributed by atoms with E-state index in [-0.39, 0.29) is 46.9 Å². The van der Waals surface area contributed by atoms with Gasteiger partial charge in [0.2, 0.25) is 17.7 Å². The van der Waals surface area contributed by atoms with Gasteiger partial charge in [-0.05, 0) is 75.1 Å². The average molecular weight is 777 g/mol. The molecule has 4 aromatic rings. The number of aromatic carboxylic acids is 1. The molecule has 3 aliphatic rings. The number of amides is 5. The Bertz CT molecular complexity index is 2350. The number of carboxylic acid groups (broad SMARTS) is 1. The van der Waals surface area contributed by atoms with Crippen LogP contribution < -0.4 is 26.3 Å². The molecule has 4 N–H and O–H groups in total. The van der Waals surface area contributed by atoms with Crippen LogP contribution in [0.2, 0.25) is 0 Å². The molecule has 2 saturated heterocycles. The predicted octanol–water partition coefficient (Wildman–Crippen LogP) is 4.70. The van der Waals surface area contributed by atoms with Crippen LogP contribution in [-0.4, -0.2) is 89.2 Å². The van der Waals surface area contributed by atoms with Gasteiger partial charge in [-0.1, -0.05) is 24.6 Å². The molecule has 3 aromatic carbocycles. The van der Waals surface area contributed by atoms with Crippen molar-refractivity contribution in [2.75, 3.05) is 48.3 Å². The van der Waals surface area contributed by atoms with E-state index in [9.17, 15) is 38.7 Å². The van der Waals surface area contributed by atoms with Crippen LogP contribution in [0.25, 0.3) is 11.0 Å². The van der Waals surface area contributed by atoms with Crippen molar-refractivity contribution in [2.24, 2.45) is 0 Å². The highest BCUT2D eigenvalue weighted by Crippen LogP contribution is 2.32. The molecule has 15 nitrogen and oxygen atoms in total. The van der Waals surface area contributed by atoms with Crippen molar-refractivity contribution < 1.29 is 38.3 Å². The number of anilines is 3. The molecule has 3 aliphatic heterocycles. The van der Waals surface area contributed by atoms with Crippen molar-refractivity contribution in [3.63, 3.8) is 0 Å². The van der Waals surface area contributed by atoms with E-state index in [0.717, 1.165) is 28.9 Å². The van der Waals surface area contributed by atoms with Crippen molar-refractivity contribution in [3.8, 4) is 0 Å². The van der Waals surface area contributed by atoms with Crippen molar-refractivity contribution in [2.45, 2.75) is 64.5 Å². The molecular formula is C42H44N6O9. The topological polar surface area (TPSA) is 199 Å². The lowest BCUT2D eigenvalue weighted by Gasteiger charge is -2.35. The van der Waals surface area contributed by atoms with E-state index >= 15 is 0 Å². The molecule has 0 spiro atoms. The zero-order valence-electron chi connectivity index (χ0n) is 31.8. The second kappa shape index (κ2) is 16.3. The minimum atomic E-state index is -1.05. The number of piperazine rings is 1. The molecule has 5 amide bonds. The van der Waals surface area contributed by atoms with Gasteiger partial charge in [0.1, 0.15) is 11.6 Å². The molecule has 2 atom stereocenters. The van der Waals surface area contributed by atoms with E-state index in [2.05, 4.69) is 16.0 Å². The summed E-state index contributed by atoms with van der Waals surface area (Å²) in [6.45, 7) is 6.32. The van der Waals surface area contributed by atoms with E-state index in [1.807, 2.05) is 29.7 Å². The normalized spacial score (nSPS) is 17.4. The first kappa shape index (κ1) is 38.8. The number of carboxylic acids is 1. The number of nitrogens with one attached hydrogen (secondary N) is 3. The monoisotopic (exact) mass is 776 g/mol. The van der Waals surface area contributed by atoms with Gasteiger partial charge in [-0.2, -0.15) is 0 Å². The standard InChI is InChI=1S/C42H44N6O9/c1-24-20-29(25(2)44-32-9-6-5-8-28(32)42(55)56)38-31(21-24)34(49)23-37(57-38)47-18-16-46(17-19-47)36(51)10-4-3-7-15-43-26-11-12-27-30(22-26)41(54)48(40(27)53)33-13-14-35(50)45-39(33)52/h5-6,8-9,11-12,20-23,25,33,43-44H,3-4,7,10,13-19H2,1-2H3,(H,55,56)(H,45,50,52)/t25-,33?/m0/s1. The Labute approximate surface area is 328 Å². The molecule has 1 unspecified atom stereocenters. The van der Waals surface area contributed by atoms with Crippen LogP contribution >= 0.6 is 0 Å². The number of fused-ring (bicyclic) bond motifs is 2. The molecule has 0 aliphatic carbocycles. The van der Waals surface area contributed by atoms with E-state index in [4.69, 9.17) is 4.42 Å². The lowest BCUT2D eigenvalue weighted by Crippen LogP contribution is -2.54. The fraction of sp³-hybridized carbons (Fsp3) is 0.357. The van der Waals surface area contributed by atoms with Crippen LogP contribution in [0.1, 0.15) is 93.7 Å². The molecule has 7 rings (SSSR count). The molecular weight excluding hydrogens is 732 g/mol. The third-order valence-corrected chi connectivity index (χ3v) is 10.8. The summed E-state index contributed by atoms with van der Waals surface area (Å²) in [5.74, 6) is -2.74. The van der Waals surface area contributed by atoms with Crippen LogP contribution in [0, 0.1) is 6.92 Å². The SMILES string of the molecule is Cc1cc([C@H](C)Nc2ccccc2C(=O)O)c2oc(N3CCN(C(=O)CCCCCNc4ccc5c(c4)C(=O)N(C4CCC(=O)NC4=O)C5=O)CC3)cc(=O)c2c1. The number of nitrogens with zero attached hydrogens (tertiary/aromatic N) is 3. The molecule has 0 bridgehead atoms. The van der Waals surface area contributed by atoms with Crippen LogP contribution in [-0.2, 0) is 14.4 Å². The Morgan fingerprint density at radius 3 is 2.42 bits per heavy atom. The van der Waals surface area contributed by atoms with Gasteiger partial charge >= 0.3 is 5.97 Å². The zero-order chi connectivity index (χ0) is 40.4. The van der Waals surface area contributed by atoms with E-state index < -0.39 is 35.6 Å². The minimum Gasteiger partial charge on any atom is -0.478 e. The number of imide groups is 2. The summed E-state index contributed by atoms with van der Waals surface area (Å²) in [6, 6.07) is 15.4. The lowest BCUT2D eigenvalue weighted by atomic mass is 10.0. The summed E-state index contributed by atoms with van der Waals surface area (Å²) >= 11 is 0. The summed E-state index contributed by atoms with van der Waals surface area (Å²) < 4.78 is 6.41. The first-order chi connectivity index (χ1) is 27.4. The number of piperidine rings is 1. The summed E-state index contributed by atoms with van der Waals surface area (Å²) in [5.41, 5.74) is 3.55. The van der Waals surface area contributed by atoms with Crippen LogP contribution in [0.15, 0.2) is 69.9 Å². The van der Waals surface area contributed by atoms with Crippen molar-refractivity contribution in [1.29, 1.82) is 0 Å². The van der Waals surface area contributed by atoms with E-state index in [1.165, 1.54) is 12.1 Å². The van der Waals surface area contributed by atoms with Gasteiger partial charge in [0.15, 0.2) is 11.3 Å². The molecule has 15 heteroatoms. The summed E-state index contributed by atoms with van der Waals surface area (Å²) in [7, 11) is 0. The van der Waals surface area contributed by atoms with Gasteiger partial charge in [-0.15, -0.1) is 0 Å². The largest absolute Gasteiger partial charge is 0.478 e. The highest BCUT2D eigenvalue weighted by molar-refractivity contribution is 6.23. The number of aryl methyl sites for hydroxylation is 1. The number of para-hydroxylation sites is 1. The van der Waals surface area contributed by atoms with Gasteiger partial charge in [-0.25, -0.2) is 4.79 Å². The number of carbonyl (C=O) groups is 6. The Morgan fingerprint density at radius 2 is 1.67 bits per heavy atom. The van der Waals surface area contributed by atoms with Gasteiger partial charge in [0.05, 0.1) is 28.1 Å². The van der Waals surface area contributed by atoms with Crippen molar-refractivity contribution >= 4 is 63.7 Å². The maximum atomic E-state index is 13.4. The van der Waals surface area contributed by atoms with Crippen LogP contribution in [0.3, 0.4) is 0 Å². The number of unbranched alkanes of at least 4 members (excludes halogenated alkanes) is 2. The summed E-state index contributed by atoms with van der Waals surface area (Å²) in [6.07, 6.45) is 2.82. The molecule has 296 valence electrons. The second-order valence-electron chi connectivity index (χ2n) is 14.7. The molecule has 57 heavy (non-hydrogen) atoms. The highest BCUT2D eigenvalue weighted by atomic mass is 16.4. The number of rotatable bonds is 13. The number of hydrogen-bond acceptors (Lipinski definition) is 11. The average Bonchev–Trinajstić information content (AvgIpc) is 3.44. The Hall–Kier alpha value is -6.51. The van der Waals surface area contributed by atoms with Gasteiger partial charge < -0.3 is 30.0 Å². The molecule has 2 fully saturated rings. The summed E-state index contributed by atoms with van der Waals surface area (Å²) in [4.78, 5) is 92.9. The third kappa shape index (κ3) is 8.09. The quantitative estimate of drug-likeness (QED) is 0.108. The Morgan fingerprint density at radius 1 is 0.912 bits per heavy atom. The molecule has 0 saturated carbocycles. The minimum absolute atomic E-state index is 0.0583. The maximum absolute atomic E-state index is 13.4. The number of benzene rings is 3. The maximum Gasteiger partial charge on any atom is 0.337 e. The highest BCUT2D eigenvalue weighted by Gasteiger charge is 2.44. The third-order valence-electron chi connectivity index (χ3n) is 10.8. The zero-order valence-corrected chi connectivity index (χ0v) is 31.8. The van der Waals surface area contributed by atoms with Gasteiger partial charge in [0, 0.05) is 68.6 Å². The predicted molar refractivity (Wildman–Crippen MR) is 212 cm³/mol. The fourth-order valence-corrected chi connectivity index (χ4v) is 7.73. The Kier molecular flexibility index (Phi) is 11.1. The van der Waals surface area contributed by atoms with E-state index in [1.54, 1.807) is 42.5 Å². The molecule has 4 heterocycles. The first-order valence-corrected chi connectivity index (χ1v) is 19.2. The van der Waals surface area contributed by atoms with E-state index in [0.29, 0.717) is 73.8 Å². The van der Waals surface area contributed by atoms with Crippen molar-refractivity contribution in [1.82, 2.24) is 15.1 Å².